The van der Waals surface area contributed by atoms with Crippen LogP contribution >= 0.6 is 34.8 Å². The van der Waals surface area contributed by atoms with Crippen molar-refractivity contribution in [1.82, 2.24) is 9.97 Å². The first-order valence-electron chi connectivity index (χ1n) is 22.4. The van der Waals surface area contributed by atoms with Crippen molar-refractivity contribution < 1.29 is 42.3 Å². The van der Waals surface area contributed by atoms with Crippen LogP contribution in [-0.2, 0) is 33.6 Å². The number of pyridine rings is 2. The van der Waals surface area contributed by atoms with E-state index in [1.807, 2.05) is 18.2 Å². The number of carbonyl (C=O) groups is 7. The minimum atomic E-state index is -0.773. The molecule has 2 aromatic heterocycles. The summed E-state index contributed by atoms with van der Waals surface area (Å²) in [5, 5.41) is 28.3. The van der Waals surface area contributed by atoms with E-state index in [-0.39, 0.29) is 47.0 Å². The first kappa shape index (κ1) is 65.9. The number of benzene rings is 5. The topological polar surface area (TPSA) is 253 Å². The number of hydrogen-bond acceptors (Lipinski definition) is 10. The number of anilines is 7. The van der Waals surface area contributed by atoms with Crippen LogP contribution in [0.5, 0.6) is 0 Å². The Morgan fingerprint density at radius 3 is 1.38 bits per heavy atom. The molecule has 0 spiro atoms. The van der Waals surface area contributed by atoms with Gasteiger partial charge >= 0.3 is 0 Å². The van der Waals surface area contributed by atoms with Gasteiger partial charge in [0.05, 0.1) is 39.5 Å². The number of aromatic nitrogens is 2. The molecule has 0 aliphatic carbocycles. The molecule has 0 atom stereocenters. The Kier molecular flexibility index (Phi) is 32.2. The normalized spacial score (nSPS) is 9.13. The van der Waals surface area contributed by atoms with Crippen LogP contribution in [0.4, 0.5) is 48.6 Å². The second kappa shape index (κ2) is 37.6. The molecule has 7 rings (SSSR count). The minimum Gasteiger partial charge on any atom is -0.326 e. The molecule has 0 fully saturated rings. The molecule has 7 aromatic rings. The molecule has 2 heterocycles. The van der Waals surface area contributed by atoms with Crippen molar-refractivity contribution in [2.45, 2.75) is 48.5 Å². The van der Waals surface area contributed by atoms with Gasteiger partial charge in [0.15, 0.2) is 0 Å². The van der Waals surface area contributed by atoms with Crippen LogP contribution in [0.2, 0.25) is 15.1 Å². The zero-order valence-electron chi connectivity index (χ0n) is 42.7. The van der Waals surface area contributed by atoms with Crippen molar-refractivity contribution in [3.8, 4) is 6.07 Å². The molecule has 0 radical (unpaired) electrons. The number of amides is 7. The molecule has 0 saturated carbocycles. The van der Waals surface area contributed by atoms with Crippen LogP contribution in [0.15, 0.2) is 164 Å². The van der Waals surface area contributed by atoms with Gasteiger partial charge < -0.3 is 37.2 Å². The maximum atomic E-state index is 12.8. The Bertz CT molecular complexity index is 2990. The molecule has 0 bridgehead atoms. The Morgan fingerprint density at radius 2 is 0.883 bits per heavy atom. The van der Waals surface area contributed by atoms with Crippen LogP contribution < -0.4 is 37.2 Å². The number of halogens is 5. The average Bonchev–Trinajstić information content (AvgIpc) is 3.35. The van der Waals surface area contributed by atoms with Gasteiger partial charge in [-0.05, 0) is 103 Å². The zero-order valence-corrected chi connectivity index (χ0v) is 44.9. The fourth-order valence-corrected chi connectivity index (χ4v) is 5.70. The van der Waals surface area contributed by atoms with Gasteiger partial charge in [-0.2, -0.15) is 5.26 Å². The maximum Gasteiger partial charge on any atom is 0.221 e. The number of nitrogens with one attached hydrogen (secondary N) is 7. The van der Waals surface area contributed by atoms with Crippen molar-refractivity contribution in [3.05, 3.63) is 197 Å². The molecular formula is C55H55Cl3F2N10O7. The van der Waals surface area contributed by atoms with E-state index in [2.05, 4.69) is 47.2 Å². The van der Waals surface area contributed by atoms with Gasteiger partial charge in [-0.3, -0.25) is 43.5 Å². The molecule has 0 aliphatic heterocycles. The fourth-order valence-electron chi connectivity index (χ4n) is 5.20. The lowest BCUT2D eigenvalue weighted by molar-refractivity contribution is -0.115. The number of nitriles is 1. The van der Waals surface area contributed by atoms with Crippen molar-refractivity contribution in [2.75, 3.05) is 37.2 Å². The highest BCUT2D eigenvalue weighted by molar-refractivity contribution is 6.33. The summed E-state index contributed by atoms with van der Waals surface area (Å²) in [5.74, 6) is -2.41. The fraction of sp³-hybridized carbons (Fsp3) is 0.127. The largest absolute Gasteiger partial charge is 0.326 e. The second-order valence-electron chi connectivity index (χ2n) is 15.0. The minimum absolute atomic E-state index is 0.0103. The maximum absolute atomic E-state index is 12.8. The predicted octanol–water partition coefficient (Wildman–Crippen LogP) is 12.4. The molecule has 7 amide bonds. The highest BCUT2D eigenvalue weighted by atomic mass is 35.5. The predicted molar refractivity (Wildman–Crippen MR) is 300 cm³/mol. The lowest BCUT2D eigenvalue weighted by atomic mass is 10.2. The van der Waals surface area contributed by atoms with Crippen LogP contribution in [0, 0.1) is 23.0 Å². The van der Waals surface area contributed by atoms with Crippen LogP contribution in [-0.4, -0.2) is 51.3 Å². The Labute approximate surface area is 459 Å². The van der Waals surface area contributed by atoms with E-state index in [1.165, 1.54) is 54.5 Å². The van der Waals surface area contributed by atoms with Crippen molar-refractivity contribution in [2.24, 2.45) is 0 Å². The Hall–Kier alpha value is -9.09. The van der Waals surface area contributed by atoms with E-state index in [1.54, 1.807) is 134 Å². The van der Waals surface area contributed by atoms with Crippen LogP contribution in [0.1, 0.15) is 54.0 Å². The van der Waals surface area contributed by atoms with E-state index < -0.39 is 11.6 Å². The van der Waals surface area contributed by atoms with Gasteiger partial charge in [-0.1, -0.05) is 65.1 Å². The van der Waals surface area contributed by atoms with E-state index >= 15 is 0 Å². The molecule has 0 unspecified atom stereocenters. The summed E-state index contributed by atoms with van der Waals surface area (Å²) < 4.78 is 25.1. The number of carbonyl (C=O) groups excluding carboxylic acids is 7. The second-order valence-corrected chi connectivity index (χ2v) is 16.3. The van der Waals surface area contributed by atoms with Crippen molar-refractivity contribution >= 4 is 116 Å². The van der Waals surface area contributed by atoms with Gasteiger partial charge in [0, 0.05) is 100 Å². The third-order valence-corrected chi connectivity index (χ3v) is 8.89. The standard InChI is InChI=1S/C9H8N2O.3C8H8ClNO.C8H7F2NO.2C7H8N2O/c1-7(12)11-9-5-3-2-4-8(9)6-10;1-6(11)10-8-4-2-7(9)3-5-8;1-6(11)10-8-4-2-3-7(9)5-8;1-6(11)10-8-5-3-2-4-7(8)9;1-5(12)11-8-3-2-6(9)4-7(8)10;1-6(10)9-7-2-4-8-5-3-7;1-6(10)9-7-3-2-4-8-5-7/h2-5H,1H3,(H,11,12);3*2-5H,1H3,(H,10,11);2-4H,1H3,(H,11,12);2-5H,1H3,(H,8,9,10);2-5H,1H3,(H,9,10). The van der Waals surface area contributed by atoms with Crippen LogP contribution in [0.3, 0.4) is 0 Å². The Morgan fingerprint density at radius 1 is 0.416 bits per heavy atom. The number of nitrogens with zero attached hydrogens (tertiary/aromatic N) is 3. The SMILES string of the molecule is CC(=O)Nc1ccc(Cl)cc1.CC(=O)Nc1ccc(F)cc1F.CC(=O)Nc1cccc(Cl)c1.CC(=O)Nc1ccccc1C#N.CC(=O)Nc1ccccc1Cl.CC(=O)Nc1cccnc1.CC(=O)Nc1ccncc1. The van der Waals surface area contributed by atoms with E-state index in [4.69, 9.17) is 40.1 Å². The smallest absolute Gasteiger partial charge is 0.221 e. The van der Waals surface area contributed by atoms with Crippen molar-refractivity contribution in [1.29, 1.82) is 5.26 Å². The zero-order chi connectivity index (χ0) is 57.7. The lowest BCUT2D eigenvalue weighted by Gasteiger charge is -2.02. The number of rotatable bonds is 7. The summed E-state index contributed by atoms with van der Waals surface area (Å²) >= 11 is 17.1. The molecule has 0 aliphatic rings. The summed E-state index contributed by atoms with van der Waals surface area (Å²) in [5.41, 5.74) is 4.69. The first-order chi connectivity index (χ1) is 36.5. The quantitative estimate of drug-likeness (QED) is 0.0794. The molecule has 77 heavy (non-hydrogen) atoms. The highest BCUT2D eigenvalue weighted by Crippen LogP contribution is 2.20. The van der Waals surface area contributed by atoms with Gasteiger partial charge in [0.2, 0.25) is 41.4 Å². The molecule has 17 nitrogen and oxygen atoms in total. The summed E-state index contributed by atoms with van der Waals surface area (Å²) in [6, 6.07) is 40.0. The number of para-hydroxylation sites is 2. The highest BCUT2D eigenvalue weighted by Gasteiger charge is 2.04. The molecule has 402 valence electrons. The summed E-state index contributed by atoms with van der Waals surface area (Å²) in [7, 11) is 0. The summed E-state index contributed by atoms with van der Waals surface area (Å²) in [6.07, 6.45) is 6.52. The summed E-state index contributed by atoms with van der Waals surface area (Å²) in [4.78, 5) is 81.4. The first-order valence-corrected chi connectivity index (χ1v) is 23.5. The monoisotopic (exact) mass is 1110 g/mol. The third-order valence-electron chi connectivity index (χ3n) is 8.08. The summed E-state index contributed by atoms with van der Waals surface area (Å²) in [6.45, 7) is 9.98. The van der Waals surface area contributed by atoms with Gasteiger partial charge in [0.1, 0.15) is 17.7 Å². The number of hydrogen-bond donors (Lipinski definition) is 7. The van der Waals surface area contributed by atoms with E-state index in [9.17, 15) is 42.3 Å². The lowest BCUT2D eigenvalue weighted by Crippen LogP contribution is -2.07. The van der Waals surface area contributed by atoms with Crippen molar-refractivity contribution in [3.63, 3.8) is 0 Å². The average molecular weight is 1110 g/mol. The molecule has 0 saturated heterocycles. The molecular weight excluding hydrogens is 1060 g/mol. The molecule has 5 aromatic carbocycles. The van der Waals surface area contributed by atoms with Gasteiger partial charge in [-0.15, -0.1) is 0 Å². The van der Waals surface area contributed by atoms with Crippen LogP contribution in [0.25, 0.3) is 0 Å². The van der Waals surface area contributed by atoms with E-state index in [0.717, 1.165) is 28.8 Å². The van der Waals surface area contributed by atoms with Gasteiger partial charge in [0.25, 0.3) is 0 Å². The van der Waals surface area contributed by atoms with Gasteiger partial charge in [-0.25, -0.2) is 8.78 Å². The molecule has 7 N–H and O–H groups in total. The van der Waals surface area contributed by atoms with E-state index in [0.29, 0.717) is 38.1 Å². The molecule has 22 heteroatoms. The third kappa shape index (κ3) is 33.4. The Balaban J connectivity index is 0.000000450.